The third-order valence-electron chi connectivity index (χ3n) is 5.14. The third kappa shape index (κ3) is 4.62. The summed E-state index contributed by atoms with van der Waals surface area (Å²) in [7, 11) is 1.52. The van der Waals surface area contributed by atoms with Crippen molar-refractivity contribution in [2.75, 3.05) is 40.0 Å². The van der Waals surface area contributed by atoms with E-state index in [1.807, 2.05) is 6.07 Å². The average Bonchev–Trinajstić information content (AvgIpc) is 2.83. The Labute approximate surface area is 184 Å². The van der Waals surface area contributed by atoms with E-state index in [-0.39, 0.29) is 18.1 Å². The van der Waals surface area contributed by atoms with Crippen LogP contribution in [-0.2, 0) is 9.53 Å². The van der Waals surface area contributed by atoms with Crippen molar-refractivity contribution in [2.45, 2.75) is 6.92 Å². The molecule has 0 radical (unpaired) electrons. The van der Waals surface area contributed by atoms with Crippen molar-refractivity contribution in [3.8, 4) is 11.5 Å². The predicted octanol–water partition coefficient (Wildman–Crippen LogP) is 1.83. The van der Waals surface area contributed by atoms with Gasteiger partial charge in [-0.15, -0.1) is 0 Å². The van der Waals surface area contributed by atoms with Crippen LogP contribution >= 0.6 is 0 Å². The number of benzene rings is 2. The lowest BCUT2D eigenvalue weighted by atomic mass is 10.2. The van der Waals surface area contributed by atoms with Gasteiger partial charge in [-0.1, -0.05) is 12.1 Å². The van der Waals surface area contributed by atoms with E-state index in [2.05, 4.69) is 10.1 Å². The lowest BCUT2D eigenvalue weighted by molar-refractivity contribution is -0.137. The number of aryl methyl sites for hydroxylation is 1. The van der Waals surface area contributed by atoms with Crippen molar-refractivity contribution in [1.29, 1.82) is 0 Å². The van der Waals surface area contributed by atoms with Gasteiger partial charge in [0.25, 0.3) is 11.5 Å². The van der Waals surface area contributed by atoms with E-state index in [1.165, 1.54) is 11.8 Å². The lowest BCUT2D eigenvalue weighted by Crippen LogP contribution is -2.43. The first-order valence-electron chi connectivity index (χ1n) is 10.3. The van der Waals surface area contributed by atoms with E-state index < -0.39 is 0 Å². The molecule has 9 heteroatoms. The number of morpholine rings is 1. The molecular formula is C23H24N4O5. The number of hydrogen-bond donors (Lipinski definition) is 0. The van der Waals surface area contributed by atoms with Crippen molar-refractivity contribution >= 4 is 23.0 Å². The Morgan fingerprint density at radius 2 is 1.97 bits per heavy atom. The van der Waals surface area contributed by atoms with Gasteiger partial charge >= 0.3 is 0 Å². The quantitative estimate of drug-likeness (QED) is 0.547. The van der Waals surface area contributed by atoms with Gasteiger partial charge in [-0.25, -0.2) is 4.98 Å². The van der Waals surface area contributed by atoms with Gasteiger partial charge in [0.2, 0.25) is 0 Å². The molecule has 1 aliphatic rings. The molecule has 2 heterocycles. The van der Waals surface area contributed by atoms with Gasteiger partial charge in [0.15, 0.2) is 18.1 Å². The highest BCUT2D eigenvalue weighted by atomic mass is 16.5. The van der Waals surface area contributed by atoms with E-state index in [9.17, 15) is 9.59 Å². The van der Waals surface area contributed by atoms with Crippen molar-refractivity contribution in [3.05, 3.63) is 64.2 Å². The summed E-state index contributed by atoms with van der Waals surface area (Å²) in [6, 6.07) is 12.4. The number of ether oxygens (including phenoxy) is 3. The van der Waals surface area contributed by atoms with Crippen LogP contribution in [0.1, 0.15) is 11.4 Å². The van der Waals surface area contributed by atoms with Crippen LogP contribution in [0, 0.1) is 6.92 Å². The standard InChI is InChI=1S/C23H24N4O5/c1-16-25-19-6-4-3-5-18(19)23(29)27(16)24-14-17-7-8-20(21(13-17)30-2)32-15-22(28)26-9-11-31-12-10-26/h3-8,13-14H,9-12,15H2,1-2H3/b24-14-. The maximum atomic E-state index is 12.7. The van der Waals surface area contributed by atoms with Crippen LogP contribution in [0.15, 0.2) is 52.4 Å². The Balaban J connectivity index is 1.50. The van der Waals surface area contributed by atoms with Crippen LogP contribution in [0.5, 0.6) is 11.5 Å². The Hall–Kier alpha value is -3.72. The molecule has 1 fully saturated rings. The molecule has 9 nitrogen and oxygen atoms in total. The van der Waals surface area contributed by atoms with Gasteiger partial charge in [0.05, 0.1) is 37.4 Å². The van der Waals surface area contributed by atoms with Gasteiger partial charge in [0.1, 0.15) is 5.82 Å². The SMILES string of the molecule is COc1cc(/C=N\n2c(C)nc3ccccc3c2=O)ccc1OCC(=O)N1CCOCC1. The summed E-state index contributed by atoms with van der Waals surface area (Å²) in [6.45, 7) is 3.86. The maximum Gasteiger partial charge on any atom is 0.282 e. The Morgan fingerprint density at radius 3 is 2.75 bits per heavy atom. The molecule has 32 heavy (non-hydrogen) atoms. The van der Waals surface area contributed by atoms with E-state index in [0.29, 0.717) is 60.1 Å². The number of fused-ring (bicyclic) bond motifs is 1. The molecule has 0 saturated carbocycles. The van der Waals surface area contributed by atoms with Crippen LogP contribution in [0.4, 0.5) is 0 Å². The monoisotopic (exact) mass is 436 g/mol. The minimum Gasteiger partial charge on any atom is -0.493 e. The summed E-state index contributed by atoms with van der Waals surface area (Å²) in [4.78, 5) is 31.2. The number of carbonyl (C=O) groups is 1. The fraction of sp³-hybridized carbons (Fsp3) is 0.304. The maximum absolute atomic E-state index is 12.7. The molecule has 0 spiro atoms. The molecule has 1 aliphatic heterocycles. The molecule has 0 bridgehead atoms. The summed E-state index contributed by atoms with van der Waals surface area (Å²) in [6.07, 6.45) is 1.55. The predicted molar refractivity (Wildman–Crippen MR) is 120 cm³/mol. The van der Waals surface area contributed by atoms with Gasteiger partial charge in [-0.3, -0.25) is 9.59 Å². The van der Waals surface area contributed by atoms with E-state index in [4.69, 9.17) is 14.2 Å². The number of methoxy groups -OCH3 is 1. The number of carbonyl (C=O) groups excluding carboxylic acids is 1. The van der Waals surface area contributed by atoms with Crippen molar-refractivity contribution in [3.63, 3.8) is 0 Å². The summed E-state index contributed by atoms with van der Waals surface area (Å²) in [5.41, 5.74) is 1.10. The van der Waals surface area contributed by atoms with Gasteiger partial charge < -0.3 is 19.1 Å². The molecule has 1 amide bonds. The highest BCUT2D eigenvalue weighted by Crippen LogP contribution is 2.27. The Kier molecular flexibility index (Phi) is 6.46. The number of aromatic nitrogens is 2. The smallest absolute Gasteiger partial charge is 0.282 e. The molecule has 166 valence electrons. The van der Waals surface area contributed by atoms with E-state index in [0.717, 1.165) is 0 Å². The zero-order valence-corrected chi connectivity index (χ0v) is 18.0. The van der Waals surface area contributed by atoms with Crippen molar-refractivity contribution in [1.82, 2.24) is 14.6 Å². The summed E-state index contributed by atoms with van der Waals surface area (Å²) >= 11 is 0. The molecule has 3 aromatic rings. The minimum atomic E-state index is -0.238. The van der Waals surface area contributed by atoms with Crippen LogP contribution in [0.2, 0.25) is 0 Å². The van der Waals surface area contributed by atoms with Crippen molar-refractivity contribution in [2.24, 2.45) is 5.10 Å². The van der Waals surface area contributed by atoms with Gasteiger partial charge in [-0.05, 0) is 42.8 Å². The first-order valence-corrected chi connectivity index (χ1v) is 10.3. The number of hydrogen-bond acceptors (Lipinski definition) is 7. The molecule has 4 rings (SSSR count). The topological polar surface area (TPSA) is 95.2 Å². The number of amides is 1. The summed E-state index contributed by atoms with van der Waals surface area (Å²) < 4.78 is 17.6. The van der Waals surface area contributed by atoms with E-state index >= 15 is 0 Å². The second-order valence-corrected chi connectivity index (χ2v) is 7.23. The molecule has 0 unspecified atom stereocenters. The normalized spacial score (nSPS) is 14.1. The van der Waals surface area contributed by atoms with Crippen LogP contribution in [0.3, 0.4) is 0 Å². The molecule has 1 saturated heterocycles. The second-order valence-electron chi connectivity index (χ2n) is 7.23. The van der Waals surface area contributed by atoms with Crippen LogP contribution in [0.25, 0.3) is 10.9 Å². The number of nitrogens with zero attached hydrogens (tertiary/aromatic N) is 4. The largest absolute Gasteiger partial charge is 0.493 e. The zero-order valence-electron chi connectivity index (χ0n) is 18.0. The first-order chi connectivity index (χ1) is 15.6. The van der Waals surface area contributed by atoms with Gasteiger partial charge in [0, 0.05) is 13.1 Å². The fourth-order valence-electron chi connectivity index (χ4n) is 3.42. The molecule has 0 N–H and O–H groups in total. The minimum absolute atomic E-state index is 0.0822. The lowest BCUT2D eigenvalue weighted by Gasteiger charge is -2.26. The van der Waals surface area contributed by atoms with Gasteiger partial charge in [-0.2, -0.15) is 9.78 Å². The third-order valence-corrected chi connectivity index (χ3v) is 5.14. The number of para-hydroxylation sites is 1. The molecule has 0 aliphatic carbocycles. The van der Waals surface area contributed by atoms with Crippen LogP contribution in [-0.4, -0.2) is 66.7 Å². The van der Waals surface area contributed by atoms with Crippen LogP contribution < -0.4 is 15.0 Å². The molecular weight excluding hydrogens is 412 g/mol. The Bertz CT molecular complexity index is 1210. The Morgan fingerprint density at radius 1 is 1.19 bits per heavy atom. The van der Waals surface area contributed by atoms with Crippen molar-refractivity contribution < 1.29 is 19.0 Å². The molecule has 1 aromatic heterocycles. The molecule has 0 atom stereocenters. The first kappa shape index (κ1) is 21.5. The summed E-state index contributed by atoms with van der Waals surface area (Å²) in [5, 5.41) is 4.82. The molecule has 2 aromatic carbocycles. The average molecular weight is 436 g/mol. The number of rotatable bonds is 6. The zero-order chi connectivity index (χ0) is 22.5. The highest BCUT2D eigenvalue weighted by molar-refractivity contribution is 5.82. The fourth-order valence-corrected chi connectivity index (χ4v) is 3.42. The second kappa shape index (κ2) is 9.61. The highest BCUT2D eigenvalue weighted by Gasteiger charge is 2.18. The summed E-state index contributed by atoms with van der Waals surface area (Å²) in [5.74, 6) is 1.30. The van der Waals surface area contributed by atoms with E-state index in [1.54, 1.807) is 54.4 Å².